The van der Waals surface area contributed by atoms with Gasteiger partial charge in [-0.15, -0.1) is 5.10 Å². The van der Waals surface area contributed by atoms with Gasteiger partial charge < -0.3 is 24.8 Å². The third-order valence-electron chi connectivity index (χ3n) is 5.21. The van der Waals surface area contributed by atoms with Gasteiger partial charge in [-0.05, 0) is 13.0 Å². The molecule has 1 aromatic carbocycles. The Morgan fingerprint density at radius 3 is 2.69 bits per heavy atom. The van der Waals surface area contributed by atoms with Crippen molar-refractivity contribution < 1.29 is 28.6 Å². The lowest BCUT2D eigenvalue weighted by molar-refractivity contribution is -0.142. The largest absolute Gasteiger partial charge is 0.468 e. The number of nitrogens with two attached hydrogens (primary N) is 1. The Labute approximate surface area is 165 Å². The van der Waals surface area contributed by atoms with Crippen molar-refractivity contribution in [2.24, 2.45) is 5.73 Å². The maximum Gasteiger partial charge on any atom is 0.339 e. The summed E-state index contributed by atoms with van der Waals surface area (Å²) in [5, 5.41) is 6.80. The average molecular weight is 398 g/mol. The summed E-state index contributed by atoms with van der Waals surface area (Å²) in [5.41, 5.74) is 6.36. The van der Waals surface area contributed by atoms with Gasteiger partial charge in [0.25, 0.3) is 0 Å². The monoisotopic (exact) mass is 398 g/mol. The van der Waals surface area contributed by atoms with Gasteiger partial charge in [-0.3, -0.25) is 9.89 Å². The molecule has 29 heavy (non-hydrogen) atoms. The molecule has 2 aliphatic rings. The van der Waals surface area contributed by atoms with Gasteiger partial charge in [-0.2, -0.15) is 0 Å². The zero-order valence-corrected chi connectivity index (χ0v) is 15.9. The van der Waals surface area contributed by atoms with Gasteiger partial charge in [0, 0.05) is 16.9 Å². The van der Waals surface area contributed by atoms with Crippen molar-refractivity contribution in [3.05, 3.63) is 52.5 Å². The molecule has 0 aliphatic carbocycles. The van der Waals surface area contributed by atoms with E-state index in [0.29, 0.717) is 22.5 Å². The molecule has 1 spiro atoms. The average Bonchev–Trinajstić information content (AvgIpc) is 3.22. The van der Waals surface area contributed by atoms with Crippen LogP contribution >= 0.6 is 0 Å². The van der Waals surface area contributed by atoms with Crippen molar-refractivity contribution in [1.82, 2.24) is 10.2 Å². The van der Waals surface area contributed by atoms with Crippen molar-refractivity contribution in [1.29, 1.82) is 0 Å². The van der Waals surface area contributed by atoms with E-state index in [-0.39, 0.29) is 23.8 Å². The number of ether oxygens (including phenoxy) is 3. The van der Waals surface area contributed by atoms with Crippen molar-refractivity contribution in [3.8, 4) is 5.88 Å². The van der Waals surface area contributed by atoms with E-state index >= 15 is 0 Å². The van der Waals surface area contributed by atoms with Gasteiger partial charge in [0.05, 0.1) is 19.8 Å². The third kappa shape index (κ3) is 2.28. The first-order chi connectivity index (χ1) is 13.9. The Hall–Kier alpha value is -3.82. The van der Waals surface area contributed by atoms with Crippen LogP contribution in [0.3, 0.4) is 0 Å². The molecule has 2 aromatic rings. The lowest BCUT2D eigenvalue weighted by Gasteiger charge is -2.40. The molecule has 0 saturated heterocycles. The first kappa shape index (κ1) is 18.5. The number of hydrogen-bond acceptors (Lipinski definition) is 9. The molecule has 3 N–H and O–H groups in total. The summed E-state index contributed by atoms with van der Waals surface area (Å²) in [6.07, 6.45) is 0. The minimum Gasteiger partial charge on any atom is -0.468 e. The number of rotatable bonds is 3. The Bertz CT molecular complexity index is 1090. The van der Waals surface area contributed by atoms with E-state index in [1.165, 1.54) is 19.1 Å². The van der Waals surface area contributed by atoms with Crippen LogP contribution < -0.4 is 15.4 Å². The number of esters is 3. The van der Waals surface area contributed by atoms with Crippen LogP contribution in [0.2, 0.25) is 0 Å². The zero-order chi connectivity index (χ0) is 20.9. The number of aryl methyl sites for hydroxylation is 1. The van der Waals surface area contributed by atoms with Gasteiger partial charge in [0.1, 0.15) is 17.9 Å². The summed E-state index contributed by atoms with van der Waals surface area (Å²) in [6.45, 7) is 1.45. The summed E-state index contributed by atoms with van der Waals surface area (Å²) < 4.78 is 15.1. The fourth-order valence-electron chi connectivity index (χ4n) is 4.00. The Balaban J connectivity index is 2.11. The molecule has 2 aliphatic heterocycles. The number of aromatic nitrogens is 2. The second-order valence-corrected chi connectivity index (χ2v) is 6.60. The smallest absolute Gasteiger partial charge is 0.339 e. The van der Waals surface area contributed by atoms with Crippen LogP contribution in [0.5, 0.6) is 5.88 Å². The first-order valence-corrected chi connectivity index (χ1v) is 8.68. The predicted octanol–water partition coefficient (Wildman–Crippen LogP) is 0.260. The van der Waals surface area contributed by atoms with Gasteiger partial charge in [0.15, 0.2) is 5.41 Å². The number of nitrogens with one attached hydrogen (secondary N) is 1. The molecule has 0 amide bonds. The number of carbonyl (C=O) groups excluding carboxylic acids is 3. The Morgan fingerprint density at radius 1 is 1.28 bits per heavy atom. The third-order valence-corrected chi connectivity index (χ3v) is 5.21. The van der Waals surface area contributed by atoms with Crippen LogP contribution in [0.4, 0.5) is 5.69 Å². The molecule has 10 heteroatoms. The quantitative estimate of drug-likeness (QED) is 0.697. The molecule has 150 valence electrons. The number of para-hydroxylation sites is 1. The molecule has 1 atom stereocenters. The van der Waals surface area contributed by atoms with E-state index in [1.807, 2.05) is 0 Å². The van der Waals surface area contributed by atoms with Gasteiger partial charge in [-0.25, -0.2) is 9.59 Å². The minimum absolute atomic E-state index is 0.0675. The van der Waals surface area contributed by atoms with Gasteiger partial charge >= 0.3 is 17.9 Å². The van der Waals surface area contributed by atoms with Crippen LogP contribution in [0.15, 0.2) is 35.7 Å². The lowest BCUT2D eigenvalue weighted by atomic mass is 9.67. The standard InChI is InChI=1S/C19H18N4O6/c1-9-13-16(22-21-9)29-18(26)19(13)10-6-4-5-7-11(10)23(8-12(24)27-2)15(20)14(19)17(25)28-3/h4-7H,8,20H2,1-3H3,(H,21,22). The highest BCUT2D eigenvalue weighted by Crippen LogP contribution is 2.55. The number of fused-ring (bicyclic) bond motifs is 4. The van der Waals surface area contributed by atoms with Crippen molar-refractivity contribution in [2.75, 3.05) is 25.7 Å². The van der Waals surface area contributed by atoms with E-state index in [1.54, 1.807) is 31.2 Å². The SMILES string of the molecule is COC(=O)CN1C(N)=C(C(=O)OC)C2(C(=O)Oc3n[nH]c(C)c32)c2ccccc21. The van der Waals surface area contributed by atoms with Crippen LogP contribution in [0.25, 0.3) is 0 Å². The molecule has 10 nitrogen and oxygen atoms in total. The number of nitrogens with zero attached hydrogens (tertiary/aromatic N) is 2. The molecule has 4 rings (SSSR count). The van der Waals surface area contributed by atoms with E-state index in [0.717, 1.165) is 0 Å². The molecular formula is C19H18N4O6. The number of anilines is 1. The van der Waals surface area contributed by atoms with Crippen molar-refractivity contribution in [2.45, 2.75) is 12.3 Å². The molecule has 0 fully saturated rings. The van der Waals surface area contributed by atoms with E-state index in [2.05, 4.69) is 10.2 Å². The highest BCUT2D eigenvalue weighted by atomic mass is 16.6. The van der Waals surface area contributed by atoms with Crippen LogP contribution in [-0.4, -0.2) is 48.9 Å². The maximum atomic E-state index is 13.3. The Morgan fingerprint density at radius 2 is 2.00 bits per heavy atom. The summed E-state index contributed by atoms with van der Waals surface area (Å²) in [5.74, 6) is -2.15. The van der Waals surface area contributed by atoms with Gasteiger partial charge in [0.2, 0.25) is 5.88 Å². The molecule has 1 unspecified atom stereocenters. The fourth-order valence-corrected chi connectivity index (χ4v) is 4.00. The lowest BCUT2D eigenvalue weighted by Crippen LogP contribution is -2.50. The van der Waals surface area contributed by atoms with Crippen LogP contribution in [0, 0.1) is 6.92 Å². The number of aromatic amines is 1. The molecule has 3 heterocycles. The normalized spacial score (nSPS) is 19.7. The predicted molar refractivity (Wildman–Crippen MR) is 98.8 cm³/mol. The van der Waals surface area contributed by atoms with Crippen LogP contribution in [-0.2, 0) is 29.3 Å². The summed E-state index contributed by atoms with van der Waals surface area (Å²) >= 11 is 0. The number of benzene rings is 1. The number of carbonyl (C=O) groups is 3. The highest BCUT2D eigenvalue weighted by Gasteiger charge is 2.62. The number of methoxy groups -OCH3 is 2. The molecule has 0 bridgehead atoms. The first-order valence-electron chi connectivity index (χ1n) is 8.68. The summed E-state index contributed by atoms with van der Waals surface area (Å²) in [6, 6.07) is 6.82. The summed E-state index contributed by atoms with van der Waals surface area (Å²) in [7, 11) is 2.43. The number of H-pyrrole nitrogens is 1. The minimum atomic E-state index is -1.67. The molecule has 0 radical (unpaired) electrons. The fraction of sp³-hybridized carbons (Fsp3) is 0.263. The van der Waals surface area contributed by atoms with Crippen molar-refractivity contribution >= 4 is 23.6 Å². The molecule has 0 saturated carbocycles. The molecule has 1 aromatic heterocycles. The second-order valence-electron chi connectivity index (χ2n) is 6.60. The topological polar surface area (TPSA) is 137 Å². The highest BCUT2D eigenvalue weighted by molar-refractivity contribution is 6.11. The van der Waals surface area contributed by atoms with Crippen LogP contribution in [0.1, 0.15) is 16.8 Å². The summed E-state index contributed by atoms with van der Waals surface area (Å²) in [4.78, 5) is 39.6. The van der Waals surface area contributed by atoms with E-state index in [9.17, 15) is 14.4 Å². The second kappa shape index (κ2) is 6.36. The Kier molecular flexibility index (Phi) is 4.07. The number of hydrogen-bond donors (Lipinski definition) is 2. The van der Waals surface area contributed by atoms with Gasteiger partial charge in [-0.1, -0.05) is 18.2 Å². The van der Waals surface area contributed by atoms with Crippen molar-refractivity contribution in [3.63, 3.8) is 0 Å². The molecular weight excluding hydrogens is 380 g/mol. The van der Waals surface area contributed by atoms with E-state index in [4.69, 9.17) is 19.9 Å². The zero-order valence-electron chi connectivity index (χ0n) is 15.9. The van der Waals surface area contributed by atoms with E-state index < -0.39 is 23.3 Å². The maximum absolute atomic E-state index is 13.3.